The van der Waals surface area contributed by atoms with Crippen molar-refractivity contribution in [2.24, 2.45) is 0 Å². The Bertz CT molecular complexity index is 164. The highest BCUT2D eigenvalue weighted by atomic mass is 16.5. The van der Waals surface area contributed by atoms with Crippen LogP contribution in [0.4, 0.5) is 0 Å². The van der Waals surface area contributed by atoms with Crippen molar-refractivity contribution in [1.29, 1.82) is 0 Å². The molecule has 0 fully saturated rings. The molecule has 7 nitrogen and oxygen atoms in total. The molecule has 23 heavy (non-hydrogen) atoms. The van der Waals surface area contributed by atoms with Gasteiger partial charge in [0, 0.05) is 6.61 Å². The predicted molar refractivity (Wildman–Crippen MR) is 88.7 cm³/mol. The van der Waals surface area contributed by atoms with Crippen LogP contribution in [0.15, 0.2) is 0 Å². The van der Waals surface area contributed by atoms with E-state index in [4.69, 9.17) is 34.3 Å². The van der Waals surface area contributed by atoms with E-state index >= 15 is 0 Å². The highest BCUT2D eigenvalue weighted by molar-refractivity contribution is 4.39. The molecule has 0 aliphatic heterocycles. The Balaban J connectivity index is 0. The first-order chi connectivity index (χ1) is 11.3. The third kappa shape index (κ3) is 30.2. The van der Waals surface area contributed by atoms with Crippen LogP contribution in [-0.2, 0) is 18.9 Å². The summed E-state index contributed by atoms with van der Waals surface area (Å²) in [6, 6.07) is 0. The largest absolute Gasteiger partial charge is 0.394 e. The molecule has 0 spiro atoms. The van der Waals surface area contributed by atoms with Crippen molar-refractivity contribution in [3.05, 3.63) is 0 Å². The molecule has 0 heterocycles. The van der Waals surface area contributed by atoms with Crippen LogP contribution >= 0.6 is 0 Å². The predicted octanol–water partition coefficient (Wildman–Crippen LogP) is 0.596. The van der Waals surface area contributed by atoms with Gasteiger partial charge in [-0.05, 0) is 6.42 Å². The number of aliphatic hydroxyl groups excluding tert-OH is 3. The lowest BCUT2D eigenvalue weighted by atomic mass is 10.2. The molecule has 0 saturated heterocycles. The molecule has 0 bridgehead atoms. The van der Waals surface area contributed by atoms with Gasteiger partial charge in [-0.15, -0.1) is 0 Å². The summed E-state index contributed by atoms with van der Waals surface area (Å²) < 4.78 is 20.1. The lowest BCUT2D eigenvalue weighted by Gasteiger charge is -2.04. The molecular formula is C16H36O7. The van der Waals surface area contributed by atoms with Crippen molar-refractivity contribution in [1.82, 2.24) is 0 Å². The van der Waals surface area contributed by atoms with Gasteiger partial charge in [-0.3, -0.25) is 0 Å². The Morgan fingerprint density at radius 1 is 0.478 bits per heavy atom. The molecule has 0 unspecified atom stereocenters. The first-order valence-corrected chi connectivity index (χ1v) is 8.47. The summed E-state index contributed by atoms with van der Waals surface area (Å²) >= 11 is 0. The van der Waals surface area contributed by atoms with Gasteiger partial charge in [0.1, 0.15) is 0 Å². The van der Waals surface area contributed by atoms with Crippen LogP contribution in [0.2, 0.25) is 0 Å². The molecule has 0 rings (SSSR count). The van der Waals surface area contributed by atoms with Crippen molar-refractivity contribution in [2.45, 2.75) is 32.6 Å². The van der Waals surface area contributed by atoms with Crippen molar-refractivity contribution < 1.29 is 34.3 Å². The van der Waals surface area contributed by atoms with E-state index < -0.39 is 0 Å². The average Bonchev–Trinajstić information content (AvgIpc) is 2.57. The molecule has 0 amide bonds. The number of hydrogen-bond acceptors (Lipinski definition) is 7. The van der Waals surface area contributed by atoms with Gasteiger partial charge in [-0.2, -0.15) is 0 Å². The molecule has 0 saturated carbocycles. The highest BCUT2D eigenvalue weighted by Gasteiger charge is 1.90. The fourth-order valence-corrected chi connectivity index (χ4v) is 1.47. The minimum atomic E-state index is 0.0417. The highest BCUT2D eigenvalue weighted by Crippen LogP contribution is 1.98. The average molecular weight is 340 g/mol. The second-order valence-corrected chi connectivity index (χ2v) is 4.68. The second-order valence-electron chi connectivity index (χ2n) is 4.68. The van der Waals surface area contributed by atoms with Gasteiger partial charge in [0.05, 0.1) is 66.1 Å². The van der Waals surface area contributed by atoms with Crippen LogP contribution in [0.3, 0.4) is 0 Å². The number of ether oxygens (including phenoxy) is 4. The lowest BCUT2D eigenvalue weighted by Crippen LogP contribution is -2.09. The lowest BCUT2D eigenvalue weighted by molar-refractivity contribution is 0.0222. The van der Waals surface area contributed by atoms with Gasteiger partial charge < -0.3 is 34.3 Å². The van der Waals surface area contributed by atoms with Crippen molar-refractivity contribution >= 4 is 0 Å². The smallest absolute Gasteiger partial charge is 0.0701 e. The Morgan fingerprint density at radius 2 is 0.870 bits per heavy atom. The van der Waals surface area contributed by atoms with Crippen LogP contribution < -0.4 is 0 Å². The summed E-state index contributed by atoms with van der Waals surface area (Å²) in [4.78, 5) is 0. The van der Waals surface area contributed by atoms with Gasteiger partial charge in [-0.1, -0.05) is 26.2 Å². The van der Waals surface area contributed by atoms with E-state index in [-0.39, 0.29) is 19.8 Å². The van der Waals surface area contributed by atoms with Crippen LogP contribution in [-0.4, -0.2) is 88.0 Å². The van der Waals surface area contributed by atoms with Gasteiger partial charge in [0.15, 0.2) is 0 Å². The second kappa shape index (κ2) is 26.6. The molecule has 0 aromatic rings. The summed E-state index contributed by atoms with van der Waals surface area (Å²) in [7, 11) is 0. The first kappa shape index (κ1) is 25.0. The summed E-state index contributed by atoms with van der Waals surface area (Å²) in [5.41, 5.74) is 0. The van der Waals surface area contributed by atoms with Crippen LogP contribution in [0, 0.1) is 0 Å². The third-order valence-electron chi connectivity index (χ3n) is 2.59. The Hall–Kier alpha value is -0.280. The van der Waals surface area contributed by atoms with E-state index in [9.17, 15) is 0 Å². The summed E-state index contributed by atoms with van der Waals surface area (Å²) in [5.74, 6) is 0. The van der Waals surface area contributed by atoms with E-state index in [1.54, 1.807) is 0 Å². The fraction of sp³-hybridized carbons (Fsp3) is 1.00. The van der Waals surface area contributed by atoms with Gasteiger partial charge >= 0.3 is 0 Å². The minimum absolute atomic E-state index is 0.0417. The number of unbranched alkanes of at least 4 members (excludes halogenated alkanes) is 3. The summed E-state index contributed by atoms with van der Waals surface area (Å²) in [6.45, 7) is 6.51. The molecular weight excluding hydrogens is 304 g/mol. The minimum Gasteiger partial charge on any atom is -0.394 e. The maximum Gasteiger partial charge on any atom is 0.0701 e. The normalized spacial score (nSPS) is 10.4. The summed E-state index contributed by atoms with van der Waals surface area (Å²) in [5, 5.41) is 24.9. The van der Waals surface area contributed by atoms with Gasteiger partial charge in [0.25, 0.3) is 0 Å². The van der Waals surface area contributed by atoms with E-state index in [1.807, 2.05) is 0 Å². The molecule has 0 aromatic heterocycles. The van der Waals surface area contributed by atoms with Crippen molar-refractivity contribution in [3.63, 3.8) is 0 Å². The van der Waals surface area contributed by atoms with Gasteiger partial charge in [0.2, 0.25) is 0 Å². The molecule has 0 aromatic carbocycles. The zero-order chi connectivity index (χ0) is 17.4. The van der Waals surface area contributed by atoms with Crippen molar-refractivity contribution in [2.75, 3.05) is 72.7 Å². The number of aliphatic hydroxyl groups is 3. The Labute approximate surface area is 140 Å². The van der Waals surface area contributed by atoms with Crippen LogP contribution in [0.1, 0.15) is 32.6 Å². The molecule has 142 valence electrons. The molecule has 0 radical (unpaired) electrons. The SMILES string of the molecule is CCCCCCOCCOCCO.OCCOCCOCCO. The van der Waals surface area contributed by atoms with E-state index in [0.29, 0.717) is 46.2 Å². The zero-order valence-electron chi connectivity index (χ0n) is 14.6. The topological polar surface area (TPSA) is 97.6 Å². The van der Waals surface area contributed by atoms with Gasteiger partial charge in [-0.25, -0.2) is 0 Å². The first-order valence-electron chi connectivity index (χ1n) is 8.47. The quantitative estimate of drug-likeness (QED) is 0.334. The number of hydrogen-bond donors (Lipinski definition) is 3. The molecule has 7 heteroatoms. The van der Waals surface area contributed by atoms with E-state index in [1.165, 1.54) is 19.3 Å². The molecule has 3 N–H and O–H groups in total. The van der Waals surface area contributed by atoms with E-state index in [0.717, 1.165) is 13.0 Å². The summed E-state index contributed by atoms with van der Waals surface area (Å²) in [6.07, 6.45) is 4.96. The third-order valence-corrected chi connectivity index (χ3v) is 2.59. The Morgan fingerprint density at radius 3 is 1.22 bits per heavy atom. The standard InChI is InChI=1S/C10H22O3.C6H14O4/c1-2-3-4-5-7-12-9-10-13-8-6-11;7-1-3-9-5-6-10-4-2-8/h11H,2-10H2,1H3;7-8H,1-6H2. The molecule has 0 aliphatic carbocycles. The molecule has 0 aliphatic rings. The maximum atomic E-state index is 8.40. The van der Waals surface area contributed by atoms with E-state index in [2.05, 4.69) is 6.92 Å². The van der Waals surface area contributed by atoms with Crippen molar-refractivity contribution in [3.8, 4) is 0 Å². The zero-order valence-corrected chi connectivity index (χ0v) is 14.6. The molecule has 0 atom stereocenters. The van der Waals surface area contributed by atoms with Crippen LogP contribution in [0.5, 0.6) is 0 Å². The Kier molecular flexibility index (Phi) is 28.9. The fourth-order valence-electron chi connectivity index (χ4n) is 1.47. The van der Waals surface area contributed by atoms with Crippen LogP contribution in [0.25, 0.3) is 0 Å². The number of rotatable bonds is 17. The monoisotopic (exact) mass is 340 g/mol. The maximum absolute atomic E-state index is 8.40.